The molecule has 2 aromatic carbocycles. The van der Waals surface area contributed by atoms with Crippen molar-refractivity contribution < 1.29 is 14.3 Å². The number of carbonyl (C=O) groups excluding carboxylic acids is 1. The predicted octanol–water partition coefficient (Wildman–Crippen LogP) is 3.17. The largest absolute Gasteiger partial charge is 0.493 e. The van der Waals surface area contributed by atoms with Gasteiger partial charge in [0.15, 0.2) is 11.5 Å². The van der Waals surface area contributed by atoms with Crippen LogP contribution in [0, 0.1) is 0 Å². The van der Waals surface area contributed by atoms with Gasteiger partial charge in [-0.05, 0) is 37.6 Å². The molecule has 8 heteroatoms. The molecule has 0 saturated carbocycles. The predicted molar refractivity (Wildman–Crippen MR) is 123 cm³/mol. The Morgan fingerprint density at radius 3 is 2.69 bits per heavy atom. The number of aromatic nitrogens is 3. The van der Waals surface area contributed by atoms with E-state index in [4.69, 9.17) is 9.47 Å². The first-order chi connectivity index (χ1) is 15.5. The number of nitrogens with one attached hydrogen (secondary N) is 1. The highest BCUT2D eigenvalue weighted by atomic mass is 16.5. The minimum absolute atomic E-state index is 0.194. The van der Waals surface area contributed by atoms with E-state index in [1.165, 1.54) is 4.68 Å². The molecule has 0 aliphatic heterocycles. The molecule has 2 heterocycles. The van der Waals surface area contributed by atoms with Gasteiger partial charge in [-0.15, -0.1) is 0 Å². The average Bonchev–Trinajstić information content (AvgIpc) is 3.14. The topological polar surface area (TPSA) is 87.4 Å². The van der Waals surface area contributed by atoms with Crippen LogP contribution in [0.2, 0.25) is 0 Å². The van der Waals surface area contributed by atoms with Gasteiger partial charge in [-0.1, -0.05) is 24.3 Å². The van der Waals surface area contributed by atoms with E-state index < -0.39 is 6.04 Å². The van der Waals surface area contributed by atoms with Gasteiger partial charge in [-0.3, -0.25) is 9.59 Å². The average molecular weight is 434 g/mol. The molecule has 2 aromatic heterocycles. The van der Waals surface area contributed by atoms with Crippen molar-refractivity contribution in [3.8, 4) is 11.5 Å². The fourth-order valence-corrected chi connectivity index (χ4v) is 3.94. The maximum absolute atomic E-state index is 13.1. The second-order valence-electron chi connectivity index (χ2n) is 7.53. The number of hydrogen-bond acceptors (Lipinski definition) is 5. The summed E-state index contributed by atoms with van der Waals surface area (Å²) in [7, 11) is 3.20. The number of para-hydroxylation sites is 1. The minimum Gasteiger partial charge on any atom is -0.493 e. The third-order valence-electron chi connectivity index (χ3n) is 5.57. The zero-order valence-corrected chi connectivity index (χ0v) is 18.6. The Hall–Kier alpha value is -3.81. The number of nitrogens with zero attached hydrogens (tertiary/aromatic N) is 3. The molecule has 4 rings (SSSR count). The van der Waals surface area contributed by atoms with Gasteiger partial charge in [-0.25, -0.2) is 4.68 Å². The summed E-state index contributed by atoms with van der Waals surface area (Å²) in [5.41, 5.74) is 1.93. The molecule has 1 atom stereocenters. The fraction of sp³-hybridized carbons (Fsp3) is 0.292. The molecule has 0 bridgehead atoms. The van der Waals surface area contributed by atoms with Gasteiger partial charge in [0, 0.05) is 24.4 Å². The summed E-state index contributed by atoms with van der Waals surface area (Å²) in [6.45, 7) is 4.53. The van der Waals surface area contributed by atoms with Crippen molar-refractivity contribution >= 4 is 27.7 Å². The molecule has 0 unspecified atom stereocenters. The zero-order valence-electron chi connectivity index (χ0n) is 18.6. The SMILES string of the molecule is CCOc1cc(CNC(=O)[C@@H](C)n2c3ccccc3c3cnn(C)c(=O)c32)ccc1OC. The van der Waals surface area contributed by atoms with Gasteiger partial charge in [0.25, 0.3) is 5.56 Å². The number of rotatable bonds is 7. The van der Waals surface area contributed by atoms with E-state index in [2.05, 4.69) is 10.4 Å². The number of benzene rings is 2. The van der Waals surface area contributed by atoms with E-state index >= 15 is 0 Å². The second kappa shape index (κ2) is 8.74. The number of fused-ring (bicyclic) bond motifs is 3. The van der Waals surface area contributed by atoms with Gasteiger partial charge >= 0.3 is 0 Å². The van der Waals surface area contributed by atoms with Crippen molar-refractivity contribution in [2.75, 3.05) is 13.7 Å². The van der Waals surface area contributed by atoms with Crippen molar-refractivity contribution in [1.82, 2.24) is 19.7 Å². The standard InChI is InChI=1S/C24H26N4O4/c1-5-32-21-12-16(10-11-20(21)31-4)13-25-23(29)15(2)28-19-9-7-6-8-17(19)18-14-26-27(3)24(30)22(18)28/h6-12,14-15H,5,13H2,1-4H3,(H,25,29)/t15-/m1/s1. The maximum Gasteiger partial charge on any atom is 0.291 e. The van der Waals surface area contributed by atoms with Crippen LogP contribution in [0.25, 0.3) is 21.8 Å². The first-order valence-corrected chi connectivity index (χ1v) is 10.5. The van der Waals surface area contributed by atoms with E-state index in [0.717, 1.165) is 21.9 Å². The Labute approximate surface area is 185 Å². The van der Waals surface area contributed by atoms with Crippen LogP contribution in [0.4, 0.5) is 0 Å². The van der Waals surface area contributed by atoms with Gasteiger partial charge in [-0.2, -0.15) is 5.10 Å². The summed E-state index contributed by atoms with van der Waals surface area (Å²) in [5, 5.41) is 8.76. The molecular formula is C24H26N4O4. The Bertz CT molecular complexity index is 1360. The van der Waals surface area contributed by atoms with Crippen LogP contribution >= 0.6 is 0 Å². The molecule has 32 heavy (non-hydrogen) atoms. The molecule has 1 amide bonds. The number of methoxy groups -OCH3 is 1. The quantitative estimate of drug-likeness (QED) is 0.483. The third-order valence-corrected chi connectivity index (χ3v) is 5.57. The van der Waals surface area contributed by atoms with Crippen LogP contribution in [0.1, 0.15) is 25.5 Å². The van der Waals surface area contributed by atoms with Crippen LogP contribution in [0.15, 0.2) is 53.5 Å². The highest BCUT2D eigenvalue weighted by Gasteiger charge is 2.23. The van der Waals surface area contributed by atoms with Crippen LogP contribution in [-0.2, 0) is 18.4 Å². The monoisotopic (exact) mass is 434 g/mol. The number of carbonyl (C=O) groups is 1. The molecule has 0 saturated heterocycles. The van der Waals surface area contributed by atoms with E-state index in [1.807, 2.05) is 49.4 Å². The van der Waals surface area contributed by atoms with Gasteiger partial charge in [0.1, 0.15) is 11.6 Å². The van der Waals surface area contributed by atoms with Crippen molar-refractivity contribution in [3.05, 3.63) is 64.6 Å². The van der Waals surface area contributed by atoms with Crippen molar-refractivity contribution in [3.63, 3.8) is 0 Å². The summed E-state index contributed by atoms with van der Waals surface area (Å²) in [6, 6.07) is 12.6. The van der Waals surface area contributed by atoms with Crippen LogP contribution in [-0.4, -0.2) is 34.0 Å². The molecule has 166 valence electrons. The molecule has 0 fully saturated rings. The molecule has 0 spiro atoms. The molecule has 0 aliphatic rings. The zero-order chi connectivity index (χ0) is 22.8. The minimum atomic E-state index is -0.600. The summed E-state index contributed by atoms with van der Waals surface area (Å²) < 4.78 is 14.0. The molecule has 0 radical (unpaired) electrons. The van der Waals surface area contributed by atoms with E-state index in [0.29, 0.717) is 30.2 Å². The summed E-state index contributed by atoms with van der Waals surface area (Å²) in [6.07, 6.45) is 1.67. The first-order valence-electron chi connectivity index (χ1n) is 10.5. The van der Waals surface area contributed by atoms with E-state index in [9.17, 15) is 9.59 Å². The summed E-state index contributed by atoms with van der Waals surface area (Å²) >= 11 is 0. The van der Waals surface area contributed by atoms with Crippen LogP contribution in [0.3, 0.4) is 0 Å². The summed E-state index contributed by atoms with van der Waals surface area (Å²) in [5.74, 6) is 1.08. The normalized spacial score (nSPS) is 12.1. The third kappa shape index (κ3) is 3.68. The first kappa shape index (κ1) is 21.4. The fourth-order valence-electron chi connectivity index (χ4n) is 3.94. The second-order valence-corrected chi connectivity index (χ2v) is 7.53. The van der Waals surface area contributed by atoms with E-state index in [1.54, 1.807) is 31.8 Å². The Morgan fingerprint density at radius 1 is 1.16 bits per heavy atom. The maximum atomic E-state index is 13.1. The lowest BCUT2D eigenvalue weighted by Gasteiger charge is -2.17. The van der Waals surface area contributed by atoms with Crippen molar-refractivity contribution in [1.29, 1.82) is 0 Å². The highest BCUT2D eigenvalue weighted by molar-refractivity contribution is 6.08. The van der Waals surface area contributed by atoms with Gasteiger partial charge in [0.2, 0.25) is 5.91 Å². The van der Waals surface area contributed by atoms with Crippen molar-refractivity contribution in [2.24, 2.45) is 7.05 Å². The van der Waals surface area contributed by atoms with Crippen LogP contribution < -0.4 is 20.3 Å². The summed E-state index contributed by atoms with van der Waals surface area (Å²) in [4.78, 5) is 26.0. The molecular weight excluding hydrogens is 408 g/mol. The lowest BCUT2D eigenvalue weighted by molar-refractivity contribution is -0.123. The molecule has 1 N–H and O–H groups in total. The molecule has 0 aliphatic carbocycles. The number of ether oxygens (including phenoxy) is 2. The smallest absolute Gasteiger partial charge is 0.291 e. The van der Waals surface area contributed by atoms with Gasteiger partial charge in [0.05, 0.1) is 25.4 Å². The Balaban J connectivity index is 1.66. The van der Waals surface area contributed by atoms with Gasteiger partial charge < -0.3 is 19.4 Å². The molecule has 4 aromatic rings. The Kier molecular flexibility index (Phi) is 5.85. The number of hydrogen-bond donors (Lipinski definition) is 1. The number of amides is 1. The van der Waals surface area contributed by atoms with Crippen molar-refractivity contribution in [2.45, 2.75) is 26.4 Å². The highest BCUT2D eigenvalue weighted by Crippen LogP contribution is 2.30. The lowest BCUT2D eigenvalue weighted by Crippen LogP contribution is -2.32. The Morgan fingerprint density at radius 2 is 1.94 bits per heavy atom. The lowest BCUT2D eigenvalue weighted by atomic mass is 10.2. The molecule has 8 nitrogen and oxygen atoms in total. The van der Waals surface area contributed by atoms with E-state index in [-0.39, 0.29) is 11.5 Å². The number of aryl methyl sites for hydroxylation is 1. The van der Waals surface area contributed by atoms with Crippen LogP contribution in [0.5, 0.6) is 11.5 Å².